The first-order valence-electron chi connectivity index (χ1n) is 6.99. The summed E-state index contributed by atoms with van der Waals surface area (Å²) in [5.41, 5.74) is 2.81. The van der Waals surface area contributed by atoms with Gasteiger partial charge in [-0.25, -0.2) is 4.98 Å². The van der Waals surface area contributed by atoms with Gasteiger partial charge in [0.25, 0.3) is 0 Å². The summed E-state index contributed by atoms with van der Waals surface area (Å²) in [4.78, 5) is 17.6. The first-order valence-corrected chi connectivity index (χ1v) is 7.87. The Morgan fingerprint density at radius 3 is 2.95 bits per heavy atom. The van der Waals surface area contributed by atoms with Gasteiger partial charge in [-0.1, -0.05) is 6.92 Å². The van der Waals surface area contributed by atoms with Crippen LogP contribution < -0.4 is 10.6 Å². The van der Waals surface area contributed by atoms with Crippen molar-refractivity contribution in [3.63, 3.8) is 0 Å². The molecule has 0 aliphatic rings. The molecule has 0 unspecified atom stereocenters. The van der Waals surface area contributed by atoms with Gasteiger partial charge in [-0.05, 0) is 30.4 Å². The number of aryl methyl sites for hydroxylation is 1. The largest absolute Gasteiger partial charge is 0.363 e. The second-order valence-corrected chi connectivity index (χ2v) is 5.80. The highest BCUT2D eigenvalue weighted by molar-refractivity contribution is 7.10. The molecule has 3 N–H and O–H groups in total. The molecule has 0 bridgehead atoms. The number of thiophene rings is 1. The van der Waals surface area contributed by atoms with E-state index in [4.69, 9.17) is 0 Å². The van der Waals surface area contributed by atoms with Crippen LogP contribution in [0.1, 0.15) is 23.8 Å². The maximum Gasteiger partial charge on any atom is 0.226 e. The molecule has 3 aromatic heterocycles. The van der Waals surface area contributed by atoms with Crippen LogP contribution in [0.25, 0.3) is 11.2 Å². The van der Waals surface area contributed by atoms with Gasteiger partial charge in [-0.3, -0.25) is 0 Å². The minimum atomic E-state index is 0.613. The Morgan fingerprint density at radius 2 is 2.19 bits per heavy atom. The monoisotopic (exact) mass is 302 g/mol. The Balaban J connectivity index is 1.85. The predicted octanol–water partition coefficient (Wildman–Crippen LogP) is 3.16. The Kier molecular flexibility index (Phi) is 4.01. The molecule has 0 amide bonds. The number of nitrogens with zero attached hydrogens (tertiary/aromatic N) is 3. The number of aromatic nitrogens is 4. The van der Waals surface area contributed by atoms with Crippen molar-refractivity contribution in [2.24, 2.45) is 0 Å². The lowest BCUT2D eigenvalue weighted by Gasteiger charge is -2.09. The number of rotatable bonds is 6. The lowest BCUT2D eigenvalue weighted by molar-refractivity contribution is 0.954. The number of anilines is 2. The molecule has 3 aromatic rings. The number of hydrogen-bond donors (Lipinski definition) is 3. The molecule has 0 aliphatic heterocycles. The second-order valence-electron chi connectivity index (χ2n) is 4.80. The number of fused-ring (bicyclic) bond motifs is 1. The summed E-state index contributed by atoms with van der Waals surface area (Å²) < 4.78 is 0. The Hall–Kier alpha value is -2.15. The van der Waals surface area contributed by atoms with Crippen molar-refractivity contribution in [3.8, 4) is 0 Å². The fourth-order valence-electron chi connectivity index (χ4n) is 2.03. The SMILES string of the molecule is CCCNc1nc(NCc2sccc2C)c2[nH]cnc2n1. The molecule has 6 nitrogen and oxygen atoms in total. The molecular formula is C14H18N6S. The van der Waals surface area contributed by atoms with E-state index in [1.807, 2.05) is 0 Å². The molecule has 0 aliphatic carbocycles. The summed E-state index contributed by atoms with van der Waals surface area (Å²) >= 11 is 1.75. The molecule has 3 rings (SSSR count). The van der Waals surface area contributed by atoms with Crippen LogP contribution in [0.4, 0.5) is 11.8 Å². The van der Waals surface area contributed by atoms with Gasteiger partial charge in [-0.2, -0.15) is 9.97 Å². The molecule has 7 heteroatoms. The Labute approximate surface area is 127 Å². The zero-order valence-electron chi connectivity index (χ0n) is 12.1. The van der Waals surface area contributed by atoms with Crippen molar-refractivity contribution in [2.75, 3.05) is 17.2 Å². The summed E-state index contributed by atoms with van der Waals surface area (Å²) in [6.45, 7) is 5.83. The maximum atomic E-state index is 4.54. The van der Waals surface area contributed by atoms with Crippen LogP contribution in [0, 0.1) is 6.92 Å². The summed E-state index contributed by atoms with van der Waals surface area (Å²) in [7, 11) is 0. The molecule has 0 fully saturated rings. The smallest absolute Gasteiger partial charge is 0.226 e. The average Bonchev–Trinajstić information content (AvgIpc) is 3.11. The fourth-order valence-corrected chi connectivity index (χ4v) is 2.87. The summed E-state index contributed by atoms with van der Waals surface area (Å²) in [6, 6.07) is 2.13. The van der Waals surface area contributed by atoms with Gasteiger partial charge < -0.3 is 15.6 Å². The first kappa shape index (κ1) is 13.8. The highest BCUT2D eigenvalue weighted by atomic mass is 32.1. The topological polar surface area (TPSA) is 78.5 Å². The molecular weight excluding hydrogens is 284 g/mol. The van der Waals surface area contributed by atoms with E-state index in [1.165, 1.54) is 10.4 Å². The summed E-state index contributed by atoms with van der Waals surface area (Å²) in [5, 5.41) is 8.69. The molecule has 0 saturated heterocycles. The highest BCUT2D eigenvalue weighted by Crippen LogP contribution is 2.21. The van der Waals surface area contributed by atoms with Crippen molar-refractivity contribution in [3.05, 3.63) is 28.2 Å². The third-order valence-corrected chi connectivity index (χ3v) is 4.23. The molecule has 3 heterocycles. The molecule has 0 aromatic carbocycles. The van der Waals surface area contributed by atoms with Crippen molar-refractivity contribution >= 4 is 34.3 Å². The minimum Gasteiger partial charge on any atom is -0.363 e. The fraction of sp³-hybridized carbons (Fsp3) is 0.357. The van der Waals surface area contributed by atoms with Gasteiger partial charge in [0, 0.05) is 11.4 Å². The number of hydrogen-bond acceptors (Lipinski definition) is 6. The van der Waals surface area contributed by atoms with Crippen LogP contribution in [0.2, 0.25) is 0 Å². The Bertz CT molecular complexity index is 732. The third kappa shape index (κ3) is 2.97. The predicted molar refractivity (Wildman–Crippen MR) is 86.8 cm³/mol. The molecule has 21 heavy (non-hydrogen) atoms. The Morgan fingerprint density at radius 1 is 1.29 bits per heavy atom. The van der Waals surface area contributed by atoms with Gasteiger partial charge in [0.2, 0.25) is 5.95 Å². The summed E-state index contributed by atoms with van der Waals surface area (Å²) in [6.07, 6.45) is 2.67. The molecule has 0 radical (unpaired) electrons. The number of H-pyrrole nitrogens is 1. The number of imidazole rings is 1. The number of aromatic amines is 1. The third-order valence-electron chi connectivity index (χ3n) is 3.20. The van der Waals surface area contributed by atoms with Crippen molar-refractivity contribution < 1.29 is 0 Å². The average molecular weight is 302 g/mol. The van der Waals surface area contributed by atoms with Gasteiger partial charge in [0.05, 0.1) is 12.9 Å². The van der Waals surface area contributed by atoms with E-state index in [0.717, 1.165) is 30.8 Å². The molecule has 110 valence electrons. The standard InChI is InChI=1S/C14H18N6S/c1-3-5-15-14-19-12(11-13(20-14)18-8-17-11)16-7-10-9(2)4-6-21-10/h4,6,8H,3,5,7H2,1-2H3,(H3,15,16,17,18,19,20). The second kappa shape index (κ2) is 6.09. The minimum absolute atomic E-state index is 0.613. The van der Waals surface area contributed by atoms with Crippen LogP contribution in [0.5, 0.6) is 0 Å². The van der Waals surface area contributed by atoms with Crippen LogP contribution >= 0.6 is 11.3 Å². The van der Waals surface area contributed by atoms with Gasteiger partial charge >= 0.3 is 0 Å². The van der Waals surface area contributed by atoms with Gasteiger partial charge in [0.1, 0.15) is 5.52 Å². The zero-order chi connectivity index (χ0) is 14.7. The van der Waals surface area contributed by atoms with Gasteiger partial charge in [-0.15, -0.1) is 11.3 Å². The van der Waals surface area contributed by atoms with E-state index in [9.17, 15) is 0 Å². The normalized spacial score (nSPS) is 11.0. The highest BCUT2D eigenvalue weighted by Gasteiger charge is 2.10. The van der Waals surface area contributed by atoms with Crippen molar-refractivity contribution in [1.29, 1.82) is 0 Å². The van der Waals surface area contributed by atoms with Crippen molar-refractivity contribution in [2.45, 2.75) is 26.8 Å². The van der Waals surface area contributed by atoms with Gasteiger partial charge in [0.15, 0.2) is 11.5 Å². The summed E-state index contributed by atoms with van der Waals surface area (Å²) in [5.74, 6) is 1.39. The zero-order valence-corrected chi connectivity index (χ0v) is 12.9. The number of nitrogens with one attached hydrogen (secondary N) is 3. The maximum absolute atomic E-state index is 4.54. The van der Waals surface area contributed by atoms with Crippen LogP contribution in [0.3, 0.4) is 0 Å². The van der Waals surface area contributed by atoms with E-state index in [1.54, 1.807) is 17.7 Å². The van der Waals surface area contributed by atoms with Crippen molar-refractivity contribution in [1.82, 2.24) is 19.9 Å². The quantitative estimate of drug-likeness (QED) is 0.652. The van der Waals surface area contributed by atoms with E-state index in [0.29, 0.717) is 11.6 Å². The van der Waals surface area contributed by atoms with E-state index in [-0.39, 0.29) is 0 Å². The van der Waals surface area contributed by atoms with E-state index in [2.05, 4.69) is 55.9 Å². The van der Waals surface area contributed by atoms with Crippen LogP contribution in [0.15, 0.2) is 17.8 Å². The lowest BCUT2D eigenvalue weighted by Crippen LogP contribution is -2.08. The van der Waals surface area contributed by atoms with Crippen LogP contribution in [-0.4, -0.2) is 26.5 Å². The first-order chi connectivity index (χ1) is 10.3. The van der Waals surface area contributed by atoms with E-state index < -0.39 is 0 Å². The van der Waals surface area contributed by atoms with E-state index >= 15 is 0 Å². The molecule has 0 saturated carbocycles. The molecule has 0 spiro atoms. The van der Waals surface area contributed by atoms with Crippen LogP contribution in [-0.2, 0) is 6.54 Å². The molecule has 0 atom stereocenters. The lowest BCUT2D eigenvalue weighted by atomic mass is 10.3.